The van der Waals surface area contributed by atoms with Crippen molar-refractivity contribution in [3.8, 4) is 0 Å². The van der Waals surface area contributed by atoms with E-state index in [1.54, 1.807) is 0 Å². The summed E-state index contributed by atoms with van der Waals surface area (Å²) < 4.78 is 4.87. The Labute approximate surface area is 139 Å². The van der Waals surface area contributed by atoms with Crippen LogP contribution in [-0.4, -0.2) is 46.3 Å². The first-order valence-electron chi connectivity index (χ1n) is 8.06. The molecule has 120 valence electrons. The van der Waals surface area contributed by atoms with Crippen LogP contribution >= 0.6 is 11.3 Å². The highest BCUT2D eigenvalue weighted by atomic mass is 32.1. The predicted molar refractivity (Wildman–Crippen MR) is 91.3 cm³/mol. The molecule has 0 amide bonds. The van der Waals surface area contributed by atoms with Gasteiger partial charge in [0, 0.05) is 31.1 Å². The molecule has 3 heterocycles. The second-order valence-corrected chi connectivity index (χ2v) is 7.07. The average molecular weight is 328 g/mol. The van der Waals surface area contributed by atoms with Crippen LogP contribution in [0.1, 0.15) is 16.9 Å². The minimum absolute atomic E-state index is 0.844. The molecule has 0 radical (unpaired) electrons. The van der Waals surface area contributed by atoms with E-state index in [4.69, 9.17) is 4.63 Å². The van der Waals surface area contributed by atoms with Gasteiger partial charge < -0.3 is 0 Å². The van der Waals surface area contributed by atoms with Gasteiger partial charge in [-0.15, -0.1) is 11.3 Å². The molecule has 2 aromatic heterocycles. The van der Waals surface area contributed by atoms with Crippen LogP contribution in [0, 0.1) is 0 Å². The summed E-state index contributed by atoms with van der Waals surface area (Å²) >= 11 is 1.85. The third-order valence-electron chi connectivity index (χ3n) is 4.40. The lowest BCUT2D eigenvalue weighted by Crippen LogP contribution is -2.30. The van der Waals surface area contributed by atoms with Gasteiger partial charge in [0.05, 0.1) is 0 Å². The zero-order chi connectivity index (χ0) is 15.5. The molecule has 1 aromatic carbocycles. The Morgan fingerprint density at radius 1 is 0.957 bits per heavy atom. The Morgan fingerprint density at radius 3 is 2.65 bits per heavy atom. The fourth-order valence-electron chi connectivity index (χ4n) is 3.19. The van der Waals surface area contributed by atoms with E-state index in [0.29, 0.717) is 0 Å². The zero-order valence-electron chi connectivity index (χ0n) is 13.0. The van der Waals surface area contributed by atoms with Crippen molar-refractivity contribution >= 4 is 22.4 Å². The van der Waals surface area contributed by atoms with E-state index in [9.17, 15) is 0 Å². The predicted octanol–water partition coefficient (Wildman–Crippen LogP) is 2.99. The van der Waals surface area contributed by atoms with Crippen molar-refractivity contribution in [3.05, 3.63) is 46.2 Å². The maximum atomic E-state index is 4.87. The Kier molecular flexibility index (Phi) is 4.37. The van der Waals surface area contributed by atoms with Crippen LogP contribution in [0.2, 0.25) is 0 Å². The van der Waals surface area contributed by atoms with E-state index in [2.05, 4.69) is 43.7 Å². The van der Waals surface area contributed by atoms with Gasteiger partial charge in [0.2, 0.25) is 0 Å². The third kappa shape index (κ3) is 3.44. The molecule has 5 nitrogen and oxygen atoms in total. The first-order chi connectivity index (χ1) is 11.4. The summed E-state index contributed by atoms with van der Waals surface area (Å²) in [6.07, 6.45) is 1.21. The molecule has 6 heteroatoms. The summed E-state index contributed by atoms with van der Waals surface area (Å²) in [7, 11) is 0. The van der Waals surface area contributed by atoms with Gasteiger partial charge in [-0.2, -0.15) is 0 Å². The normalized spacial score (nSPS) is 17.6. The highest BCUT2D eigenvalue weighted by Crippen LogP contribution is 2.18. The lowest BCUT2D eigenvalue weighted by atomic mass is 10.1. The van der Waals surface area contributed by atoms with Crippen LogP contribution in [0.3, 0.4) is 0 Å². The van der Waals surface area contributed by atoms with E-state index in [1.807, 2.05) is 23.5 Å². The number of fused-ring (bicyclic) bond motifs is 1. The number of rotatable bonds is 4. The van der Waals surface area contributed by atoms with E-state index >= 15 is 0 Å². The second-order valence-electron chi connectivity index (χ2n) is 6.03. The molecule has 1 aliphatic rings. The number of nitrogens with zero attached hydrogens (tertiary/aromatic N) is 4. The molecular weight excluding hydrogens is 308 g/mol. The van der Waals surface area contributed by atoms with Gasteiger partial charge >= 0.3 is 0 Å². The Hall–Kier alpha value is -1.76. The molecule has 1 fully saturated rings. The Bertz CT molecular complexity index is 755. The molecule has 0 unspecified atom stereocenters. The monoisotopic (exact) mass is 328 g/mol. The molecule has 0 N–H and O–H groups in total. The van der Waals surface area contributed by atoms with Gasteiger partial charge in [0.1, 0.15) is 11.0 Å². The number of benzene rings is 1. The van der Waals surface area contributed by atoms with Crippen molar-refractivity contribution in [2.75, 3.05) is 26.2 Å². The number of hydrogen-bond donors (Lipinski definition) is 0. The molecule has 0 bridgehead atoms. The highest BCUT2D eigenvalue weighted by Gasteiger charge is 2.17. The van der Waals surface area contributed by atoms with Crippen LogP contribution in [0.15, 0.2) is 40.3 Å². The van der Waals surface area contributed by atoms with Crippen molar-refractivity contribution in [2.24, 2.45) is 0 Å². The van der Waals surface area contributed by atoms with Crippen LogP contribution in [0.5, 0.6) is 0 Å². The first kappa shape index (κ1) is 14.8. The van der Waals surface area contributed by atoms with Crippen molar-refractivity contribution in [1.82, 2.24) is 20.1 Å². The van der Waals surface area contributed by atoms with E-state index in [-0.39, 0.29) is 0 Å². The van der Waals surface area contributed by atoms with E-state index in [1.165, 1.54) is 23.4 Å². The SMILES string of the molecule is c1csc(CN2CCCN(Cc3cccc4nonc34)CC2)c1. The van der Waals surface area contributed by atoms with E-state index in [0.717, 1.165) is 43.8 Å². The standard InChI is InChI=1S/C17H20N4OS/c1-4-14(17-16(6-1)18-22-19-17)12-20-7-3-8-21(10-9-20)13-15-5-2-11-23-15/h1-2,4-6,11H,3,7-10,12-13H2. The summed E-state index contributed by atoms with van der Waals surface area (Å²) in [4.78, 5) is 6.53. The smallest absolute Gasteiger partial charge is 0.139 e. The summed E-state index contributed by atoms with van der Waals surface area (Å²) in [6.45, 7) is 6.50. The molecule has 0 spiro atoms. The second kappa shape index (κ2) is 6.78. The zero-order valence-corrected chi connectivity index (χ0v) is 13.8. The molecule has 0 saturated carbocycles. The fraction of sp³-hybridized carbons (Fsp3) is 0.412. The van der Waals surface area contributed by atoms with Crippen LogP contribution in [0.4, 0.5) is 0 Å². The van der Waals surface area contributed by atoms with Gasteiger partial charge in [-0.1, -0.05) is 18.2 Å². The molecule has 0 atom stereocenters. The number of hydrogen-bond acceptors (Lipinski definition) is 6. The lowest BCUT2D eigenvalue weighted by Gasteiger charge is -2.21. The highest BCUT2D eigenvalue weighted by molar-refractivity contribution is 7.09. The molecule has 1 aliphatic heterocycles. The van der Waals surface area contributed by atoms with E-state index < -0.39 is 0 Å². The van der Waals surface area contributed by atoms with Crippen LogP contribution in [0.25, 0.3) is 11.0 Å². The maximum absolute atomic E-state index is 4.87. The maximum Gasteiger partial charge on any atom is 0.139 e. The van der Waals surface area contributed by atoms with Gasteiger partial charge in [0.15, 0.2) is 0 Å². The van der Waals surface area contributed by atoms with Gasteiger partial charge in [-0.3, -0.25) is 9.80 Å². The average Bonchev–Trinajstić information content (AvgIpc) is 3.19. The Balaban J connectivity index is 1.40. The van der Waals surface area contributed by atoms with Crippen LogP contribution in [-0.2, 0) is 13.1 Å². The summed E-state index contributed by atoms with van der Waals surface area (Å²) in [5.74, 6) is 0. The molecular formula is C17H20N4OS. The first-order valence-corrected chi connectivity index (χ1v) is 8.94. The van der Waals surface area contributed by atoms with Gasteiger partial charge in [-0.25, -0.2) is 4.63 Å². The fourth-order valence-corrected chi connectivity index (χ4v) is 3.94. The number of aromatic nitrogens is 2. The summed E-state index contributed by atoms with van der Waals surface area (Å²) in [5.41, 5.74) is 2.94. The Morgan fingerprint density at radius 2 is 1.83 bits per heavy atom. The van der Waals surface area contributed by atoms with Crippen molar-refractivity contribution < 1.29 is 4.63 Å². The lowest BCUT2D eigenvalue weighted by molar-refractivity contribution is 0.248. The molecule has 4 rings (SSSR count). The molecule has 23 heavy (non-hydrogen) atoms. The van der Waals surface area contributed by atoms with Crippen molar-refractivity contribution in [1.29, 1.82) is 0 Å². The van der Waals surface area contributed by atoms with Crippen molar-refractivity contribution in [2.45, 2.75) is 19.5 Å². The van der Waals surface area contributed by atoms with Gasteiger partial charge in [-0.05, 0) is 52.9 Å². The topological polar surface area (TPSA) is 45.4 Å². The van der Waals surface area contributed by atoms with Crippen molar-refractivity contribution in [3.63, 3.8) is 0 Å². The quantitative estimate of drug-likeness (QED) is 0.737. The number of thiophene rings is 1. The van der Waals surface area contributed by atoms with Crippen LogP contribution < -0.4 is 0 Å². The third-order valence-corrected chi connectivity index (χ3v) is 5.27. The molecule has 3 aromatic rings. The molecule has 0 aliphatic carbocycles. The summed E-state index contributed by atoms with van der Waals surface area (Å²) in [6, 6.07) is 10.5. The summed E-state index contributed by atoms with van der Waals surface area (Å²) in [5, 5.41) is 10.1. The van der Waals surface area contributed by atoms with Gasteiger partial charge in [0.25, 0.3) is 0 Å². The molecule has 1 saturated heterocycles. The minimum Gasteiger partial charge on any atom is -0.298 e. The minimum atomic E-state index is 0.844. The largest absolute Gasteiger partial charge is 0.298 e.